The van der Waals surface area contributed by atoms with E-state index in [1.807, 2.05) is 0 Å². The van der Waals surface area contributed by atoms with Crippen LogP contribution in [0.1, 0.15) is 44.6 Å². The van der Waals surface area contributed by atoms with Crippen LogP contribution in [0, 0.1) is 0 Å². The fourth-order valence-corrected chi connectivity index (χ4v) is 2.89. The maximum atomic E-state index is 5.42. The number of benzene rings is 1. The van der Waals surface area contributed by atoms with Crippen molar-refractivity contribution in [2.45, 2.75) is 52.1 Å². The first-order valence-corrected chi connectivity index (χ1v) is 7.92. The molecule has 0 bridgehead atoms. The average Bonchev–Trinajstić information content (AvgIpc) is 2.98. The van der Waals surface area contributed by atoms with E-state index in [1.165, 1.54) is 24.8 Å². The van der Waals surface area contributed by atoms with Crippen LogP contribution in [0.5, 0.6) is 0 Å². The molecule has 1 unspecified atom stereocenters. The number of aromatic nitrogens is 2. The van der Waals surface area contributed by atoms with Crippen LogP contribution in [-0.4, -0.2) is 27.6 Å². The van der Waals surface area contributed by atoms with Crippen LogP contribution in [0.15, 0.2) is 28.8 Å². The first-order chi connectivity index (χ1) is 10.3. The Balaban J connectivity index is 1.70. The minimum Gasteiger partial charge on any atom is -0.338 e. The molecule has 1 aliphatic rings. The molecule has 2 heterocycles. The van der Waals surface area contributed by atoms with Crippen LogP contribution in [0.3, 0.4) is 0 Å². The summed E-state index contributed by atoms with van der Waals surface area (Å²) >= 11 is 0. The lowest BCUT2D eigenvalue weighted by atomic mass is 10.0. The van der Waals surface area contributed by atoms with E-state index < -0.39 is 0 Å². The van der Waals surface area contributed by atoms with Crippen molar-refractivity contribution in [3.63, 3.8) is 0 Å². The van der Waals surface area contributed by atoms with Crippen molar-refractivity contribution < 1.29 is 4.52 Å². The van der Waals surface area contributed by atoms with Gasteiger partial charge in [0.05, 0.1) is 6.54 Å². The van der Waals surface area contributed by atoms with E-state index in [2.05, 4.69) is 53.2 Å². The minimum absolute atomic E-state index is 0.609. The van der Waals surface area contributed by atoms with Crippen LogP contribution < -0.4 is 0 Å². The van der Waals surface area contributed by atoms with Crippen LogP contribution in [0.25, 0.3) is 11.4 Å². The molecule has 1 aromatic carbocycles. The predicted octanol–water partition coefficient (Wildman–Crippen LogP) is 3.67. The van der Waals surface area contributed by atoms with Gasteiger partial charge in [0.2, 0.25) is 11.7 Å². The molecule has 0 saturated carbocycles. The van der Waals surface area contributed by atoms with E-state index in [-0.39, 0.29) is 0 Å². The maximum absolute atomic E-state index is 5.42. The lowest BCUT2D eigenvalue weighted by Crippen LogP contribution is -2.36. The van der Waals surface area contributed by atoms with Crippen molar-refractivity contribution >= 4 is 0 Å². The highest BCUT2D eigenvalue weighted by atomic mass is 16.5. The molecule has 2 aromatic rings. The average molecular weight is 285 g/mol. The third kappa shape index (κ3) is 3.32. The molecule has 1 atom stereocenters. The fourth-order valence-electron chi connectivity index (χ4n) is 2.89. The van der Waals surface area contributed by atoms with Gasteiger partial charge in [-0.2, -0.15) is 4.98 Å². The van der Waals surface area contributed by atoms with Crippen molar-refractivity contribution in [2.75, 3.05) is 6.54 Å². The molecule has 1 aromatic heterocycles. The molecule has 0 aliphatic carbocycles. The summed E-state index contributed by atoms with van der Waals surface area (Å²) in [4.78, 5) is 6.98. The zero-order valence-corrected chi connectivity index (χ0v) is 12.9. The van der Waals surface area contributed by atoms with Crippen LogP contribution in [0.4, 0.5) is 0 Å². The molecule has 0 N–H and O–H groups in total. The lowest BCUT2D eigenvalue weighted by Gasteiger charge is -2.31. The highest BCUT2D eigenvalue weighted by Gasteiger charge is 2.20. The standard InChI is InChI=1S/C17H23N3O/c1-3-14-7-9-15(10-8-14)17-18-16(21-19-17)12-20-11-5-4-6-13(20)2/h7-10,13H,3-6,11-12H2,1-2H3. The Morgan fingerprint density at radius 3 is 2.76 bits per heavy atom. The fraction of sp³-hybridized carbons (Fsp3) is 0.529. The number of likely N-dealkylation sites (tertiary alicyclic amines) is 1. The summed E-state index contributed by atoms with van der Waals surface area (Å²) < 4.78 is 5.42. The van der Waals surface area contributed by atoms with E-state index in [0.717, 1.165) is 31.0 Å². The molecule has 4 nitrogen and oxygen atoms in total. The number of aryl methyl sites for hydroxylation is 1. The normalized spacial score (nSPS) is 19.8. The molecule has 1 saturated heterocycles. The number of hydrogen-bond donors (Lipinski definition) is 0. The molecule has 1 aliphatic heterocycles. The van der Waals surface area contributed by atoms with Crippen LogP contribution in [-0.2, 0) is 13.0 Å². The summed E-state index contributed by atoms with van der Waals surface area (Å²) in [6, 6.07) is 8.99. The van der Waals surface area contributed by atoms with Gasteiger partial charge in [-0.05, 0) is 38.3 Å². The molecule has 0 radical (unpaired) electrons. The molecular formula is C17H23N3O. The van der Waals surface area contributed by atoms with Gasteiger partial charge in [0.25, 0.3) is 0 Å². The van der Waals surface area contributed by atoms with Crippen LogP contribution in [0.2, 0.25) is 0 Å². The molecule has 112 valence electrons. The predicted molar refractivity (Wildman–Crippen MR) is 82.8 cm³/mol. The molecule has 3 rings (SSSR count). The second-order valence-corrected chi connectivity index (χ2v) is 5.88. The van der Waals surface area contributed by atoms with Crippen LogP contribution >= 0.6 is 0 Å². The van der Waals surface area contributed by atoms with Gasteiger partial charge in [-0.3, -0.25) is 4.90 Å². The Morgan fingerprint density at radius 2 is 2.05 bits per heavy atom. The summed E-state index contributed by atoms with van der Waals surface area (Å²) in [5, 5.41) is 4.12. The topological polar surface area (TPSA) is 42.2 Å². The van der Waals surface area contributed by atoms with Gasteiger partial charge in [0.15, 0.2) is 0 Å². The first kappa shape index (κ1) is 14.3. The Bertz CT molecular complexity index is 576. The van der Waals surface area contributed by atoms with Gasteiger partial charge < -0.3 is 4.52 Å². The quantitative estimate of drug-likeness (QED) is 0.859. The highest BCUT2D eigenvalue weighted by molar-refractivity contribution is 5.54. The van der Waals surface area contributed by atoms with Crippen molar-refractivity contribution in [1.82, 2.24) is 15.0 Å². The summed E-state index contributed by atoms with van der Waals surface area (Å²) in [7, 11) is 0. The third-order valence-electron chi connectivity index (χ3n) is 4.37. The van der Waals surface area contributed by atoms with Crippen molar-refractivity contribution in [1.29, 1.82) is 0 Å². The number of nitrogens with zero attached hydrogens (tertiary/aromatic N) is 3. The molecular weight excluding hydrogens is 262 g/mol. The van der Waals surface area contributed by atoms with Gasteiger partial charge in [0.1, 0.15) is 0 Å². The van der Waals surface area contributed by atoms with E-state index in [1.54, 1.807) is 0 Å². The summed E-state index contributed by atoms with van der Waals surface area (Å²) in [6.45, 7) is 6.33. The zero-order chi connectivity index (χ0) is 14.7. The number of rotatable bonds is 4. The second-order valence-electron chi connectivity index (χ2n) is 5.88. The van der Waals surface area contributed by atoms with Gasteiger partial charge in [-0.25, -0.2) is 0 Å². The van der Waals surface area contributed by atoms with Gasteiger partial charge in [-0.15, -0.1) is 0 Å². The van der Waals surface area contributed by atoms with Gasteiger partial charge in [0, 0.05) is 11.6 Å². The Hall–Kier alpha value is -1.68. The summed E-state index contributed by atoms with van der Waals surface area (Å²) in [5.74, 6) is 1.41. The minimum atomic E-state index is 0.609. The van der Waals surface area contributed by atoms with Gasteiger partial charge in [-0.1, -0.05) is 42.8 Å². The number of piperidine rings is 1. The largest absolute Gasteiger partial charge is 0.338 e. The second kappa shape index (κ2) is 6.39. The summed E-state index contributed by atoms with van der Waals surface area (Å²) in [6.07, 6.45) is 4.91. The third-order valence-corrected chi connectivity index (χ3v) is 4.37. The van der Waals surface area contributed by atoms with E-state index in [9.17, 15) is 0 Å². The van der Waals surface area contributed by atoms with Crippen molar-refractivity contribution in [3.8, 4) is 11.4 Å². The molecule has 4 heteroatoms. The van der Waals surface area contributed by atoms with E-state index >= 15 is 0 Å². The summed E-state index contributed by atoms with van der Waals surface area (Å²) in [5.41, 5.74) is 2.35. The smallest absolute Gasteiger partial charge is 0.241 e. The molecule has 21 heavy (non-hydrogen) atoms. The SMILES string of the molecule is CCc1ccc(-c2noc(CN3CCCCC3C)n2)cc1. The zero-order valence-electron chi connectivity index (χ0n) is 12.9. The maximum Gasteiger partial charge on any atom is 0.241 e. The monoisotopic (exact) mass is 285 g/mol. The molecule has 0 spiro atoms. The van der Waals surface area contributed by atoms with E-state index in [0.29, 0.717) is 11.9 Å². The number of hydrogen-bond acceptors (Lipinski definition) is 4. The Kier molecular flexibility index (Phi) is 4.34. The Morgan fingerprint density at radius 1 is 1.24 bits per heavy atom. The molecule has 1 fully saturated rings. The first-order valence-electron chi connectivity index (χ1n) is 7.92. The highest BCUT2D eigenvalue weighted by Crippen LogP contribution is 2.21. The van der Waals surface area contributed by atoms with Gasteiger partial charge >= 0.3 is 0 Å². The van der Waals surface area contributed by atoms with Crippen molar-refractivity contribution in [2.24, 2.45) is 0 Å². The van der Waals surface area contributed by atoms with Crippen molar-refractivity contribution in [3.05, 3.63) is 35.7 Å². The molecule has 0 amide bonds. The van der Waals surface area contributed by atoms with E-state index in [4.69, 9.17) is 4.52 Å². The Labute approximate surface area is 126 Å². The lowest BCUT2D eigenvalue weighted by molar-refractivity contribution is 0.135.